The molecule has 2 aromatic carbocycles. The summed E-state index contributed by atoms with van der Waals surface area (Å²) in [6, 6.07) is 10.9. The Morgan fingerprint density at radius 2 is 1.62 bits per heavy atom. The molecule has 9 nitrogen and oxygen atoms in total. The summed E-state index contributed by atoms with van der Waals surface area (Å²) in [5.41, 5.74) is 6.68. The fourth-order valence-electron chi connectivity index (χ4n) is 6.15. The standard InChI is InChI=1S/C36H50F2N4O5S/c1-6-12-42(13-7-2)34(44)28-18-31(41-48(46,47)24(4)5)21-36(20-28,35(39)45)32(17-27-15-29(37)19-30(38)16-27)33(43)23-40-22-26-11-9-10-25(8-3)14-26/h9-11,14-16,18-19,21,24,32-33,40-41,43H,6-8,12-13,17,20,22-23H2,1-5H3,(H2,39,45)/t32-,33+,36?/m1/s1. The van der Waals surface area contributed by atoms with E-state index in [4.69, 9.17) is 5.73 Å². The van der Waals surface area contributed by atoms with Crippen LogP contribution < -0.4 is 15.8 Å². The molecule has 0 saturated heterocycles. The van der Waals surface area contributed by atoms with Crippen molar-refractivity contribution in [3.05, 3.63) is 94.2 Å². The zero-order valence-electron chi connectivity index (χ0n) is 28.6. The van der Waals surface area contributed by atoms with Gasteiger partial charge < -0.3 is 21.1 Å². The molecule has 0 bridgehead atoms. The van der Waals surface area contributed by atoms with Crippen LogP contribution in [-0.2, 0) is 39.0 Å². The minimum atomic E-state index is -3.94. The zero-order valence-corrected chi connectivity index (χ0v) is 29.4. The van der Waals surface area contributed by atoms with Gasteiger partial charge in [0, 0.05) is 49.4 Å². The molecule has 0 fully saturated rings. The lowest BCUT2D eigenvalue weighted by molar-refractivity contribution is -0.132. The molecule has 1 aliphatic carbocycles. The van der Waals surface area contributed by atoms with Gasteiger partial charge in [-0.3, -0.25) is 14.3 Å². The smallest absolute Gasteiger partial charge is 0.249 e. The second kappa shape index (κ2) is 17.2. The maximum atomic E-state index is 14.4. The highest BCUT2D eigenvalue weighted by atomic mass is 32.2. The molecule has 0 aliphatic heterocycles. The van der Waals surface area contributed by atoms with E-state index in [0.29, 0.717) is 32.5 Å². The number of halogens is 2. The molecule has 264 valence electrons. The summed E-state index contributed by atoms with van der Waals surface area (Å²) in [6.07, 6.45) is 3.16. The molecule has 3 atom stereocenters. The van der Waals surface area contributed by atoms with Gasteiger partial charge in [-0.2, -0.15) is 0 Å². The Hall–Kier alpha value is -3.61. The predicted octanol–water partition coefficient (Wildman–Crippen LogP) is 4.50. The summed E-state index contributed by atoms with van der Waals surface area (Å²) < 4.78 is 57.4. The number of carbonyl (C=O) groups excluding carboxylic acids is 2. The van der Waals surface area contributed by atoms with Crippen molar-refractivity contribution in [3.8, 4) is 0 Å². The largest absolute Gasteiger partial charge is 0.391 e. The summed E-state index contributed by atoms with van der Waals surface area (Å²) in [5.74, 6) is -4.12. The fraction of sp³-hybridized carbons (Fsp3) is 0.500. The fourth-order valence-corrected chi connectivity index (χ4v) is 6.83. The topological polar surface area (TPSA) is 142 Å². The van der Waals surface area contributed by atoms with Crippen LogP contribution in [0, 0.1) is 23.0 Å². The van der Waals surface area contributed by atoms with Gasteiger partial charge in [0.25, 0.3) is 0 Å². The maximum Gasteiger partial charge on any atom is 0.249 e. The molecule has 2 aromatic rings. The summed E-state index contributed by atoms with van der Waals surface area (Å²) >= 11 is 0. The molecule has 2 amide bonds. The number of allylic oxidation sites excluding steroid dienone is 1. The third-order valence-corrected chi connectivity index (χ3v) is 10.5. The average molecular weight is 689 g/mol. The molecule has 12 heteroatoms. The first-order chi connectivity index (χ1) is 22.6. The molecule has 5 N–H and O–H groups in total. The van der Waals surface area contributed by atoms with Crippen molar-refractivity contribution in [3.63, 3.8) is 0 Å². The summed E-state index contributed by atoms with van der Waals surface area (Å²) in [5, 5.41) is 14.2. The lowest BCUT2D eigenvalue weighted by atomic mass is 9.63. The second-order valence-electron chi connectivity index (χ2n) is 12.8. The van der Waals surface area contributed by atoms with Crippen LogP contribution in [0.25, 0.3) is 0 Å². The van der Waals surface area contributed by atoms with Gasteiger partial charge in [0.05, 0.1) is 16.8 Å². The van der Waals surface area contributed by atoms with Gasteiger partial charge in [-0.15, -0.1) is 0 Å². The molecular formula is C36H50F2N4O5S. The molecule has 1 unspecified atom stereocenters. The van der Waals surface area contributed by atoms with Crippen molar-refractivity contribution in [1.82, 2.24) is 14.9 Å². The third kappa shape index (κ3) is 9.96. The number of hydrogen-bond donors (Lipinski definition) is 4. The Kier molecular flexibility index (Phi) is 13.9. The molecule has 0 heterocycles. The van der Waals surface area contributed by atoms with E-state index in [0.717, 1.165) is 35.7 Å². The monoisotopic (exact) mass is 688 g/mol. The highest BCUT2D eigenvalue weighted by molar-refractivity contribution is 7.90. The molecule has 0 radical (unpaired) electrons. The van der Waals surface area contributed by atoms with Crippen LogP contribution in [0.2, 0.25) is 0 Å². The number of aryl methyl sites for hydroxylation is 1. The molecule has 0 spiro atoms. The SMILES string of the molecule is CCCN(CCC)C(=O)C1=CC(NS(=O)(=O)C(C)C)=CC(C(N)=O)([C@H](Cc2cc(F)cc(F)c2)[C@@H](O)CNCc2cccc(CC)c2)C1. The third-order valence-electron chi connectivity index (χ3n) is 8.70. The van der Waals surface area contributed by atoms with Crippen LogP contribution in [0.4, 0.5) is 8.78 Å². The molecule has 3 rings (SSSR count). The van der Waals surface area contributed by atoms with Crippen LogP contribution in [0.3, 0.4) is 0 Å². The minimum Gasteiger partial charge on any atom is -0.391 e. The first-order valence-corrected chi connectivity index (χ1v) is 18.2. The quantitative estimate of drug-likeness (QED) is 0.182. The van der Waals surface area contributed by atoms with Gasteiger partial charge in [0.2, 0.25) is 21.8 Å². The van der Waals surface area contributed by atoms with Crippen molar-refractivity contribution in [2.45, 2.75) is 84.6 Å². The Morgan fingerprint density at radius 1 is 1.00 bits per heavy atom. The summed E-state index contributed by atoms with van der Waals surface area (Å²) in [6.45, 7) is 10.1. The first kappa shape index (κ1) is 38.8. The van der Waals surface area contributed by atoms with E-state index < -0.39 is 56.2 Å². The highest BCUT2D eigenvalue weighted by Crippen LogP contribution is 2.44. The van der Waals surface area contributed by atoms with Crippen LogP contribution in [0.5, 0.6) is 0 Å². The van der Waals surface area contributed by atoms with Crippen molar-refractivity contribution in [1.29, 1.82) is 0 Å². The van der Waals surface area contributed by atoms with Gasteiger partial charge in [-0.05, 0) is 86.9 Å². The minimum absolute atomic E-state index is 0.0421. The lowest BCUT2D eigenvalue weighted by Crippen LogP contribution is -2.52. The average Bonchev–Trinajstić information content (AvgIpc) is 3.02. The van der Waals surface area contributed by atoms with Crippen LogP contribution in [0.1, 0.15) is 70.6 Å². The van der Waals surface area contributed by atoms with Crippen molar-refractivity contribution in [2.24, 2.45) is 17.1 Å². The van der Waals surface area contributed by atoms with Gasteiger partial charge in [0.1, 0.15) is 11.6 Å². The number of nitrogens with two attached hydrogens (primary N) is 1. The second-order valence-corrected chi connectivity index (χ2v) is 15.0. The number of nitrogens with zero attached hydrogens (tertiary/aromatic N) is 1. The Morgan fingerprint density at radius 3 is 2.19 bits per heavy atom. The number of nitrogens with one attached hydrogen (secondary N) is 2. The van der Waals surface area contributed by atoms with E-state index in [1.807, 2.05) is 45.0 Å². The number of aliphatic hydroxyl groups is 1. The zero-order chi connectivity index (χ0) is 35.6. The van der Waals surface area contributed by atoms with Gasteiger partial charge in [-0.1, -0.05) is 45.0 Å². The van der Waals surface area contributed by atoms with Gasteiger partial charge in [-0.25, -0.2) is 17.2 Å². The number of benzene rings is 2. The van der Waals surface area contributed by atoms with E-state index in [1.54, 1.807) is 4.90 Å². The summed E-state index contributed by atoms with van der Waals surface area (Å²) in [4.78, 5) is 29.3. The Labute approximate surface area is 283 Å². The number of rotatable bonds is 18. The van der Waals surface area contributed by atoms with Crippen molar-refractivity contribution < 1.29 is 31.9 Å². The van der Waals surface area contributed by atoms with E-state index in [9.17, 15) is 31.9 Å². The maximum absolute atomic E-state index is 14.4. The van der Waals surface area contributed by atoms with E-state index in [1.165, 1.54) is 26.0 Å². The number of hydrogen-bond acceptors (Lipinski definition) is 6. The molecule has 0 saturated carbocycles. The predicted molar refractivity (Wildman–Crippen MR) is 184 cm³/mol. The van der Waals surface area contributed by atoms with E-state index >= 15 is 0 Å². The highest BCUT2D eigenvalue weighted by Gasteiger charge is 2.49. The molecular weight excluding hydrogens is 638 g/mol. The van der Waals surface area contributed by atoms with Crippen molar-refractivity contribution >= 4 is 21.8 Å². The Bertz CT molecular complexity index is 1580. The number of sulfonamides is 1. The van der Waals surface area contributed by atoms with Crippen LogP contribution in [-0.4, -0.2) is 61.2 Å². The van der Waals surface area contributed by atoms with Crippen LogP contribution in [0.15, 0.2) is 65.9 Å². The van der Waals surface area contributed by atoms with Crippen molar-refractivity contribution in [2.75, 3.05) is 19.6 Å². The lowest BCUT2D eigenvalue weighted by Gasteiger charge is -2.42. The number of primary amides is 1. The molecule has 1 aliphatic rings. The number of amides is 2. The summed E-state index contributed by atoms with van der Waals surface area (Å²) in [7, 11) is -3.94. The molecule has 0 aromatic heterocycles. The molecule has 48 heavy (non-hydrogen) atoms. The number of carbonyl (C=O) groups is 2. The normalized spacial score (nSPS) is 17.8. The van der Waals surface area contributed by atoms with Gasteiger partial charge in [0.15, 0.2) is 0 Å². The first-order valence-electron chi connectivity index (χ1n) is 16.6. The van der Waals surface area contributed by atoms with E-state index in [-0.39, 0.29) is 36.2 Å². The van der Waals surface area contributed by atoms with Crippen LogP contribution >= 0.6 is 0 Å². The van der Waals surface area contributed by atoms with E-state index in [2.05, 4.69) is 10.0 Å². The number of aliphatic hydroxyl groups excluding tert-OH is 1. The Balaban J connectivity index is 2.15. The van der Waals surface area contributed by atoms with Gasteiger partial charge >= 0.3 is 0 Å².